The minimum Gasteiger partial charge on any atom is -0.0901 e. The number of hydrogen-bond acceptors (Lipinski definition) is 3. The molecule has 0 radical (unpaired) electrons. The van der Waals surface area contributed by atoms with Crippen molar-refractivity contribution in [3.63, 3.8) is 0 Å². The van der Waals surface area contributed by atoms with Crippen LogP contribution in [0.5, 0.6) is 0 Å². The fourth-order valence-corrected chi connectivity index (χ4v) is 9.74. The summed E-state index contributed by atoms with van der Waals surface area (Å²) in [5.41, 5.74) is 0. The molecule has 40 heavy (non-hydrogen) atoms. The average Bonchev–Trinajstić information content (AvgIpc) is 3.00. The van der Waals surface area contributed by atoms with Gasteiger partial charge in [-0.15, -0.1) is 0 Å². The molecule has 6 aromatic carbocycles. The Hall–Kier alpha value is -3.20. The van der Waals surface area contributed by atoms with E-state index in [1.807, 2.05) is 35.3 Å². The Balaban J connectivity index is 1.39. The SMILES string of the molecule is c1ccc(Sc2cccc(P(c3cccc(Sc4ccccc4)c3)c3cccc(Sc4ccccc4)c3)c2)cc1. The van der Waals surface area contributed by atoms with Crippen LogP contribution in [-0.4, -0.2) is 0 Å². The van der Waals surface area contributed by atoms with Crippen molar-refractivity contribution in [2.75, 3.05) is 0 Å². The van der Waals surface area contributed by atoms with Gasteiger partial charge < -0.3 is 0 Å². The minimum absolute atomic E-state index is 0.758. The molecule has 0 unspecified atom stereocenters. The van der Waals surface area contributed by atoms with Gasteiger partial charge in [0.2, 0.25) is 0 Å². The molecule has 0 saturated carbocycles. The van der Waals surface area contributed by atoms with Gasteiger partial charge in [-0.2, -0.15) is 0 Å². The molecular formula is C36H27PS3. The van der Waals surface area contributed by atoms with Crippen LogP contribution in [-0.2, 0) is 0 Å². The maximum absolute atomic E-state index is 2.39. The monoisotopic (exact) mass is 586 g/mol. The zero-order valence-electron chi connectivity index (χ0n) is 21.8. The summed E-state index contributed by atoms with van der Waals surface area (Å²) in [7, 11) is -0.758. The molecule has 4 heteroatoms. The van der Waals surface area contributed by atoms with E-state index in [0.717, 1.165) is 0 Å². The smallest absolute Gasteiger partial charge is 0.0128 e. The van der Waals surface area contributed by atoms with Gasteiger partial charge in [0.05, 0.1) is 0 Å². The first-order valence-electron chi connectivity index (χ1n) is 13.1. The lowest BCUT2D eigenvalue weighted by Gasteiger charge is -2.21. The second-order valence-corrected chi connectivity index (χ2v) is 14.7. The third-order valence-electron chi connectivity index (χ3n) is 6.16. The molecular weight excluding hydrogens is 560 g/mol. The van der Waals surface area contributed by atoms with Crippen molar-refractivity contribution in [2.45, 2.75) is 29.4 Å². The first kappa shape index (κ1) is 27.0. The highest BCUT2D eigenvalue weighted by Gasteiger charge is 2.19. The largest absolute Gasteiger partial charge is 0.0901 e. The van der Waals surface area contributed by atoms with E-state index in [4.69, 9.17) is 0 Å². The molecule has 194 valence electrons. The van der Waals surface area contributed by atoms with Crippen LogP contribution in [0.3, 0.4) is 0 Å². The van der Waals surface area contributed by atoms with Crippen LogP contribution in [0.15, 0.2) is 193 Å². The highest BCUT2D eigenvalue weighted by atomic mass is 32.2. The lowest BCUT2D eigenvalue weighted by molar-refractivity contribution is 1.41. The summed E-state index contributed by atoms with van der Waals surface area (Å²) in [4.78, 5) is 7.56. The van der Waals surface area contributed by atoms with Gasteiger partial charge in [-0.05, 0) is 96.6 Å². The van der Waals surface area contributed by atoms with Crippen molar-refractivity contribution in [3.05, 3.63) is 164 Å². The molecule has 6 aromatic rings. The summed E-state index contributed by atoms with van der Waals surface area (Å²) in [5, 5.41) is 4.08. The van der Waals surface area contributed by atoms with E-state index in [-0.39, 0.29) is 0 Å². The molecule has 0 nitrogen and oxygen atoms in total. The maximum atomic E-state index is 2.39. The molecule has 6 rings (SSSR count). The van der Waals surface area contributed by atoms with Crippen LogP contribution >= 0.6 is 43.2 Å². The third kappa shape index (κ3) is 7.11. The van der Waals surface area contributed by atoms with Crippen molar-refractivity contribution < 1.29 is 0 Å². The minimum atomic E-state index is -0.758. The molecule has 0 spiro atoms. The Kier molecular flexibility index (Phi) is 9.07. The van der Waals surface area contributed by atoms with E-state index in [9.17, 15) is 0 Å². The maximum Gasteiger partial charge on any atom is 0.0128 e. The summed E-state index contributed by atoms with van der Waals surface area (Å²) in [6.45, 7) is 0. The van der Waals surface area contributed by atoms with E-state index in [1.165, 1.54) is 45.3 Å². The van der Waals surface area contributed by atoms with Crippen LogP contribution < -0.4 is 15.9 Å². The standard InChI is InChI=1S/C36H27PS3/c1-4-16-31(17-5-1)38-34-22-10-13-28(25-34)37(29-14-11-23-35(26-29)39-32-18-6-2-7-19-32)30-15-12-24-36(27-30)40-33-20-8-3-9-21-33/h1-27H. The highest BCUT2D eigenvalue weighted by Crippen LogP contribution is 2.38. The Morgan fingerprint density at radius 1 is 0.275 bits per heavy atom. The predicted octanol–water partition coefficient (Wildman–Crippen LogP) is 9.90. The Morgan fingerprint density at radius 3 is 0.850 bits per heavy atom. The lowest BCUT2D eigenvalue weighted by atomic mass is 10.3. The zero-order chi connectivity index (χ0) is 27.0. The van der Waals surface area contributed by atoms with Gasteiger partial charge in [-0.25, -0.2) is 0 Å². The van der Waals surface area contributed by atoms with Crippen LogP contribution in [0.25, 0.3) is 0 Å². The van der Waals surface area contributed by atoms with Crippen LogP contribution in [0.4, 0.5) is 0 Å². The molecule has 0 N–H and O–H groups in total. The van der Waals surface area contributed by atoms with E-state index < -0.39 is 7.92 Å². The van der Waals surface area contributed by atoms with Crippen molar-refractivity contribution in [1.82, 2.24) is 0 Å². The zero-order valence-corrected chi connectivity index (χ0v) is 25.1. The van der Waals surface area contributed by atoms with Crippen molar-refractivity contribution in [1.29, 1.82) is 0 Å². The number of rotatable bonds is 9. The van der Waals surface area contributed by atoms with Gasteiger partial charge in [0.1, 0.15) is 0 Å². The van der Waals surface area contributed by atoms with Gasteiger partial charge in [0, 0.05) is 29.4 Å². The van der Waals surface area contributed by atoms with Crippen molar-refractivity contribution in [3.8, 4) is 0 Å². The molecule has 0 aromatic heterocycles. The molecule has 0 saturated heterocycles. The summed E-state index contributed by atoms with van der Waals surface area (Å²) in [5.74, 6) is 0. The quantitative estimate of drug-likeness (QED) is 0.155. The second kappa shape index (κ2) is 13.4. The summed E-state index contributed by atoms with van der Waals surface area (Å²) in [6.07, 6.45) is 0. The van der Waals surface area contributed by atoms with Crippen molar-refractivity contribution >= 4 is 59.1 Å². The van der Waals surface area contributed by atoms with Gasteiger partial charge in [0.15, 0.2) is 0 Å². The molecule has 0 bridgehead atoms. The van der Waals surface area contributed by atoms with E-state index >= 15 is 0 Å². The van der Waals surface area contributed by atoms with E-state index in [2.05, 4.69) is 164 Å². The molecule has 0 fully saturated rings. The molecule has 0 aliphatic carbocycles. The third-order valence-corrected chi connectivity index (χ3v) is 11.5. The Labute approximate surface area is 251 Å². The van der Waals surface area contributed by atoms with Crippen LogP contribution in [0.2, 0.25) is 0 Å². The normalized spacial score (nSPS) is 11.0. The first-order chi connectivity index (χ1) is 19.8. The summed E-state index contributed by atoms with van der Waals surface area (Å²) in [6, 6.07) is 59.2. The Bertz CT molecular complexity index is 1470. The van der Waals surface area contributed by atoms with E-state index in [1.54, 1.807) is 0 Å². The van der Waals surface area contributed by atoms with Crippen LogP contribution in [0, 0.1) is 0 Å². The number of benzene rings is 6. The summed E-state index contributed by atoms with van der Waals surface area (Å²) >= 11 is 5.46. The highest BCUT2D eigenvalue weighted by molar-refractivity contribution is 8.00. The van der Waals surface area contributed by atoms with Gasteiger partial charge in [-0.3, -0.25) is 0 Å². The molecule has 0 atom stereocenters. The topological polar surface area (TPSA) is 0 Å². The van der Waals surface area contributed by atoms with E-state index in [0.29, 0.717) is 0 Å². The lowest BCUT2D eigenvalue weighted by Crippen LogP contribution is -2.21. The number of hydrogen-bond donors (Lipinski definition) is 0. The first-order valence-corrected chi connectivity index (χ1v) is 16.9. The van der Waals surface area contributed by atoms with Gasteiger partial charge in [-0.1, -0.05) is 126 Å². The van der Waals surface area contributed by atoms with Gasteiger partial charge in [0.25, 0.3) is 0 Å². The molecule has 0 aliphatic heterocycles. The molecule has 0 amide bonds. The Morgan fingerprint density at radius 2 is 0.550 bits per heavy atom. The average molecular weight is 587 g/mol. The predicted molar refractivity (Wildman–Crippen MR) is 177 cm³/mol. The summed E-state index contributed by atoms with van der Waals surface area (Å²) < 4.78 is 0. The molecule has 0 heterocycles. The van der Waals surface area contributed by atoms with Crippen LogP contribution in [0.1, 0.15) is 0 Å². The fraction of sp³-hybridized carbons (Fsp3) is 0. The molecule has 0 aliphatic rings. The fourth-order valence-electron chi connectivity index (χ4n) is 4.38. The van der Waals surface area contributed by atoms with Crippen molar-refractivity contribution in [2.24, 2.45) is 0 Å². The second-order valence-electron chi connectivity index (χ2n) is 9.07. The van der Waals surface area contributed by atoms with Gasteiger partial charge >= 0.3 is 0 Å².